The summed E-state index contributed by atoms with van der Waals surface area (Å²) in [5.41, 5.74) is 2.30. The molecular formula is C12H18FNO4. The van der Waals surface area contributed by atoms with Crippen LogP contribution in [-0.4, -0.2) is 36.4 Å². The SMILES string of the molecule is CCOC(=O)C1CCC2C(F)(C(=O)OCC)C12N. The molecule has 0 aromatic carbocycles. The molecule has 0 heterocycles. The van der Waals surface area contributed by atoms with Crippen molar-refractivity contribution in [3.63, 3.8) is 0 Å². The molecule has 2 saturated carbocycles. The van der Waals surface area contributed by atoms with Crippen LogP contribution in [0.1, 0.15) is 26.7 Å². The van der Waals surface area contributed by atoms with Crippen LogP contribution in [0, 0.1) is 11.8 Å². The highest BCUT2D eigenvalue weighted by atomic mass is 19.1. The Morgan fingerprint density at radius 3 is 2.44 bits per heavy atom. The van der Waals surface area contributed by atoms with E-state index in [2.05, 4.69) is 0 Å². The molecule has 0 aliphatic heterocycles. The Kier molecular flexibility index (Phi) is 3.09. The number of rotatable bonds is 4. The molecule has 2 aliphatic rings. The minimum Gasteiger partial charge on any atom is -0.466 e. The third kappa shape index (κ3) is 1.41. The predicted molar refractivity (Wildman–Crippen MR) is 60.2 cm³/mol. The fourth-order valence-corrected chi connectivity index (χ4v) is 3.18. The maximum absolute atomic E-state index is 14.6. The zero-order chi connectivity index (χ0) is 13.6. The van der Waals surface area contributed by atoms with Crippen LogP contribution in [0.3, 0.4) is 0 Å². The Labute approximate surface area is 105 Å². The van der Waals surface area contributed by atoms with Crippen molar-refractivity contribution in [1.29, 1.82) is 0 Å². The van der Waals surface area contributed by atoms with E-state index in [1.165, 1.54) is 0 Å². The Hall–Kier alpha value is -1.17. The summed E-state index contributed by atoms with van der Waals surface area (Å²) in [5.74, 6) is -2.85. The molecule has 18 heavy (non-hydrogen) atoms. The standard InChI is InChI=1S/C12H18FNO4/c1-3-17-9(15)7-5-6-8-11(13,12(7,8)14)10(16)18-4-2/h7-8H,3-6,14H2,1-2H3. The van der Waals surface area contributed by atoms with E-state index in [9.17, 15) is 14.0 Å². The molecule has 2 N–H and O–H groups in total. The topological polar surface area (TPSA) is 78.6 Å². The lowest BCUT2D eigenvalue weighted by atomic mass is 9.94. The van der Waals surface area contributed by atoms with Gasteiger partial charge in [0.15, 0.2) is 0 Å². The second-order valence-corrected chi connectivity index (χ2v) is 4.80. The van der Waals surface area contributed by atoms with Crippen molar-refractivity contribution >= 4 is 11.9 Å². The van der Waals surface area contributed by atoms with Crippen molar-refractivity contribution in [2.24, 2.45) is 17.6 Å². The molecule has 2 rings (SSSR count). The molecule has 2 fully saturated rings. The van der Waals surface area contributed by atoms with Crippen LogP contribution < -0.4 is 5.73 Å². The number of ether oxygens (including phenoxy) is 2. The Morgan fingerprint density at radius 2 is 1.89 bits per heavy atom. The van der Waals surface area contributed by atoms with Gasteiger partial charge in [0.25, 0.3) is 0 Å². The summed E-state index contributed by atoms with van der Waals surface area (Å²) in [6.07, 6.45) is 0.875. The maximum atomic E-state index is 14.6. The lowest BCUT2D eigenvalue weighted by molar-refractivity contribution is -0.155. The van der Waals surface area contributed by atoms with Crippen LogP contribution in [0.25, 0.3) is 0 Å². The summed E-state index contributed by atoms with van der Waals surface area (Å²) in [6.45, 7) is 3.59. The first-order valence-corrected chi connectivity index (χ1v) is 6.26. The van der Waals surface area contributed by atoms with E-state index in [0.29, 0.717) is 12.8 Å². The van der Waals surface area contributed by atoms with E-state index in [1.807, 2.05) is 0 Å². The highest BCUT2D eigenvalue weighted by Gasteiger charge is 2.87. The number of hydrogen-bond donors (Lipinski definition) is 1. The van der Waals surface area contributed by atoms with E-state index in [-0.39, 0.29) is 13.2 Å². The van der Waals surface area contributed by atoms with Gasteiger partial charge in [-0.2, -0.15) is 0 Å². The average molecular weight is 259 g/mol. The van der Waals surface area contributed by atoms with Crippen LogP contribution in [0.2, 0.25) is 0 Å². The smallest absolute Gasteiger partial charge is 0.346 e. The molecule has 0 amide bonds. The Bertz CT molecular complexity index is 388. The number of halogens is 1. The number of esters is 2. The molecule has 4 atom stereocenters. The van der Waals surface area contributed by atoms with Gasteiger partial charge in [-0.15, -0.1) is 0 Å². The summed E-state index contributed by atoms with van der Waals surface area (Å²) >= 11 is 0. The van der Waals surface area contributed by atoms with Gasteiger partial charge in [0.1, 0.15) is 0 Å². The molecule has 6 heteroatoms. The van der Waals surface area contributed by atoms with Gasteiger partial charge in [0, 0.05) is 5.92 Å². The zero-order valence-electron chi connectivity index (χ0n) is 10.6. The number of fused-ring (bicyclic) bond motifs is 1. The van der Waals surface area contributed by atoms with Crippen LogP contribution in [-0.2, 0) is 19.1 Å². The number of alkyl halides is 1. The summed E-state index contributed by atoms with van der Waals surface area (Å²) in [4.78, 5) is 23.4. The van der Waals surface area contributed by atoms with Gasteiger partial charge in [-0.1, -0.05) is 0 Å². The minimum absolute atomic E-state index is 0.0946. The quantitative estimate of drug-likeness (QED) is 0.746. The van der Waals surface area contributed by atoms with Gasteiger partial charge in [-0.05, 0) is 26.7 Å². The largest absolute Gasteiger partial charge is 0.466 e. The molecule has 5 nitrogen and oxygen atoms in total. The first-order valence-electron chi connectivity index (χ1n) is 6.26. The fraction of sp³-hybridized carbons (Fsp3) is 0.833. The molecule has 0 bridgehead atoms. The van der Waals surface area contributed by atoms with Gasteiger partial charge in [-0.25, -0.2) is 9.18 Å². The predicted octanol–water partition coefficient (Wildman–Crippen LogP) is 0.558. The summed E-state index contributed by atoms with van der Waals surface area (Å²) in [6, 6.07) is 0. The Morgan fingerprint density at radius 1 is 1.28 bits per heavy atom. The number of nitrogens with two attached hydrogens (primary N) is 1. The lowest BCUT2D eigenvalue weighted by Crippen LogP contribution is -2.47. The van der Waals surface area contributed by atoms with Crippen molar-refractivity contribution < 1.29 is 23.5 Å². The van der Waals surface area contributed by atoms with E-state index in [1.54, 1.807) is 13.8 Å². The monoisotopic (exact) mass is 259 g/mol. The second kappa shape index (κ2) is 4.19. The molecule has 0 radical (unpaired) electrons. The zero-order valence-corrected chi connectivity index (χ0v) is 10.6. The van der Waals surface area contributed by atoms with Crippen molar-refractivity contribution in [2.45, 2.75) is 37.9 Å². The van der Waals surface area contributed by atoms with Crippen LogP contribution in [0.4, 0.5) is 4.39 Å². The average Bonchev–Trinajstić information content (AvgIpc) is 2.66. The van der Waals surface area contributed by atoms with Gasteiger partial charge in [0.2, 0.25) is 5.67 Å². The molecule has 0 spiro atoms. The lowest BCUT2D eigenvalue weighted by Gasteiger charge is -2.21. The fourth-order valence-electron chi connectivity index (χ4n) is 3.18. The maximum Gasteiger partial charge on any atom is 0.346 e. The first kappa shape index (κ1) is 13.3. The van der Waals surface area contributed by atoms with Crippen molar-refractivity contribution in [2.75, 3.05) is 13.2 Å². The third-order valence-electron chi connectivity index (χ3n) is 4.07. The molecule has 102 valence electrons. The van der Waals surface area contributed by atoms with Gasteiger partial charge < -0.3 is 15.2 Å². The molecule has 4 unspecified atom stereocenters. The first-order chi connectivity index (χ1) is 8.44. The molecule has 0 saturated heterocycles. The van der Waals surface area contributed by atoms with Crippen molar-refractivity contribution in [3.05, 3.63) is 0 Å². The number of hydrogen-bond acceptors (Lipinski definition) is 5. The van der Waals surface area contributed by atoms with Crippen LogP contribution in [0.15, 0.2) is 0 Å². The van der Waals surface area contributed by atoms with E-state index < -0.39 is 35.0 Å². The van der Waals surface area contributed by atoms with Gasteiger partial charge in [0.05, 0.1) is 24.7 Å². The van der Waals surface area contributed by atoms with E-state index >= 15 is 0 Å². The minimum atomic E-state index is -2.22. The molecule has 2 aliphatic carbocycles. The summed E-state index contributed by atoms with van der Waals surface area (Å²) in [5, 5.41) is 0. The highest BCUT2D eigenvalue weighted by Crippen LogP contribution is 2.67. The Balaban J connectivity index is 2.17. The summed E-state index contributed by atoms with van der Waals surface area (Å²) in [7, 11) is 0. The van der Waals surface area contributed by atoms with Gasteiger partial charge in [-0.3, -0.25) is 4.79 Å². The second-order valence-electron chi connectivity index (χ2n) is 4.80. The van der Waals surface area contributed by atoms with Crippen LogP contribution >= 0.6 is 0 Å². The number of carbonyl (C=O) groups is 2. The van der Waals surface area contributed by atoms with E-state index in [4.69, 9.17) is 15.2 Å². The van der Waals surface area contributed by atoms with E-state index in [0.717, 1.165) is 0 Å². The van der Waals surface area contributed by atoms with Crippen molar-refractivity contribution in [3.8, 4) is 0 Å². The molecule has 0 aromatic heterocycles. The molecular weight excluding hydrogens is 241 g/mol. The third-order valence-corrected chi connectivity index (χ3v) is 4.07. The number of carbonyl (C=O) groups excluding carboxylic acids is 2. The van der Waals surface area contributed by atoms with Crippen molar-refractivity contribution in [1.82, 2.24) is 0 Å². The van der Waals surface area contributed by atoms with Gasteiger partial charge >= 0.3 is 11.9 Å². The normalized spacial score (nSPS) is 41.1. The highest BCUT2D eigenvalue weighted by molar-refractivity contribution is 5.91. The summed E-state index contributed by atoms with van der Waals surface area (Å²) < 4.78 is 24.2. The van der Waals surface area contributed by atoms with Crippen LogP contribution in [0.5, 0.6) is 0 Å². The molecule has 0 aromatic rings.